The molecule has 0 spiro atoms. The van der Waals surface area contributed by atoms with E-state index in [1.54, 1.807) is 0 Å². The Labute approximate surface area is 82.2 Å². The molecule has 1 saturated heterocycles. The van der Waals surface area contributed by atoms with Gasteiger partial charge in [0.15, 0.2) is 6.29 Å². The first kappa shape index (κ1) is 10.8. The third-order valence-electron chi connectivity index (χ3n) is 2.42. The lowest BCUT2D eigenvalue weighted by atomic mass is 9.97. The zero-order valence-corrected chi connectivity index (χ0v) is 8.08. The van der Waals surface area contributed by atoms with Gasteiger partial charge in [-0.1, -0.05) is 6.92 Å². The fourth-order valence-electron chi connectivity index (χ4n) is 1.51. The molecule has 0 saturated carbocycles. The van der Waals surface area contributed by atoms with Gasteiger partial charge in [0.1, 0.15) is 0 Å². The highest BCUT2D eigenvalue weighted by atomic mass is 16.2. The molecular weight excluding hydrogens is 184 g/mol. The van der Waals surface area contributed by atoms with Crippen LogP contribution < -0.4 is 10.6 Å². The second-order valence-electron chi connectivity index (χ2n) is 3.54. The minimum atomic E-state index is -0.600. The first-order chi connectivity index (χ1) is 6.65. The summed E-state index contributed by atoms with van der Waals surface area (Å²) in [4.78, 5) is 32.1. The maximum absolute atomic E-state index is 11.5. The van der Waals surface area contributed by atoms with E-state index < -0.39 is 5.78 Å². The first-order valence-electron chi connectivity index (χ1n) is 4.61. The first-order valence-corrected chi connectivity index (χ1v) is 4.61. The van der Waals surface area contributed by atoms with E-state index in [1.165, 1.54) is 0 Å². The Kier molecular flexibility index (Phi) is 3.76. The van der Waals surface area contributed by atoms with Gasteiger partial charge in [-0.25, -0.2) is 0 Å². The largest absolute Gasteiger partial charge is 0.348 e. The van der Waals surface area contributed by atoms with Crippen molar-refractivity contribution >= 4 is 18.0 Å². The van der Waals surface area contributed by atoms with Crippen molar-refractivity contribution in [2.75, 3.05) is 19.6 Å². The standard InChI is InChI=1S/C9H14N2O3/c1-6-2-10-4-8(6)9(14)11-3-7(13)5-12/h5-6,8,10H,2-4H2,1H3,(H,11,14)/t6-,8+/m0/s1. The molecule has 1 amide bonds. The van der Waals surface area contributed by atoms with E-state index in [-0.39, 0.29) is 30.6 Å². The predicted octanol–water partition coefficient (Wildman–Crippen LogP) is -1.27. The Bertz CT molecular complexity index is 252. The molecule has 2 atom stereocenters. The number of amides is 1. The van der Waals surface area contributed by atoms with Crippen molar-refractivity contribution in [1.29, 1.82) is 0 Å². The Morgan fingerprint density at radius 2 is 2.21 bits per heavy atom. The summed E-state index contributed by atoms with van der Waals surface area (Å²) >= 11 is 0. The van der Waals surface area contributed by atoms with E-state index in [1.807, 2.05) is 6.92 Å². The molecule has 5 heteroatoms. The minimum Gasteiger partial charge on any atom is -0.348 e. The summed E-state index contributed by atoms with van der Waals surface area (Å²) in [5, 5.41) is 5.54. The van der Waals surface area contributed by atoms with Crippen molar-refractivity contribution in [3.63, 3.8) is 0 Å². The van der Waals surface area contributed by atoms with E-state index in [4.69, 9.17) is 0 Å². The smallest absolute Gasteiger partial charge is 0.225 e. The maximum atomic E-state index is 11.5. The van der Waals surface area contributed by atoms with Crippen LogP contribution >= 0.6 is 0 Å². The third-order valence-corrected chi connectivity index (χ3v) is 2.42. The van der Waals surface area contributed by atoms with Crippen LogP contribution in [0.15, 0.2) is 0 Å². The highest BCUT2D eigenvalue weighted by Gasteiger charge is 2.29. The molecule has 5 nitrogen and oxygen atoms in total. The Morgan fingerprint density at radius 3 is 2.71 bits per heavy atom. The fraction of sp³-hybridized carbons (Fsp3) is 0.667. The summed E-state index contributed by atoms with van der Waals surface area (Å²) in [7, 11) is 0. The molecule has 1 aliphatic heterocycles. The van der Waals surface area contributed by atoms with Gasteiger partial charge in [0, 0.05) is 6.54 Å². The van der Waals surface area contributed by atoms with Gasteiger partial charge in [0.2, 0.25) is 11.7 Å². The number of aldehydes is 1. The molecule has 0 unspecified atom stereocenters. The average molecular weight is 198 g/mol. The van der Waals surface area contributed by atoms with Gasteiger partial charge in [-0.15, -0.1) is 0 Å². The maximum Gasteiger partial charge on any atom is 0.225 e. The van der Waals surface area contributed by atoms with Crippen LogP contribution in [-0.4, -0.2) is 37.6 Å². The third kappa shape index (κ3) is 2.63. The highest BCUT2D eigenvalue weighted by molar-refractivity contribution is 6.26. The predicted molar refractivity (Wildman–Crippen MR) is 49.6 cm³/mol. The fourth-order valence-corrected chi connectivity index (χ4v) is 1.51. The van der Waals surface area contributed by atoms with Crippen LogP contribution in [0.25, 0.3) is 0 Å². The Morgan fingerprint density at radius 1 is 1.50 bits per heavy atom. The van der Waals surface area contributed by atoms with Crippen molar-refractivity contribution in [2.24, 2.45) is 11.8 Å². The summed E-state index contributed by atoms with van der Waals surface area (Å²) in [5.74, 6) is -0.564. The zero-order chi connectivity index (χ0) is 10.6. The van der Waals surface area contributed by atoms with E-state index >= 15 is 0 Å². The lowest BCUT2D eigenvalue weighted by molar-refractivity contribution is -0.131. The van der Waals surface area contributed by atoms with Crippen molar-refractivity contribution in [1.82, 2.24) is 10.6 Å². The number of hydrogen-bond donors (Lipinski definition) is 2. The minimum absolute atomic E-state index is 0.0885. The zero-order valence-electron chi connectivity index (χ0n) is 8.08. The van der Waals surface area contributed by atoms with E-state index in [0.717, 1.165) is 6.54 Å². The molecule has 0 aliphatic carbocycles. The number of Topliss-reactive ketones (excluding diaryl/α,β-unsaturated/α-hetero) is 1. The van der Waals surface area contributed by atoms with Gasteiger partial charge >= 0.3 is 0 Å². The Balaban J connectivity index is 2.34. The van der Waals surface area contributed by atoms with E-state index in [0.29, 0.717) is 6.54 Å². The van der Waals surface area contributed by atoms with Gasteiger partial charge < -0.3 is 10.6 Å². The quantitative estimate of drug-likeness (QED) is 0.436. The molecule has 1 aliphatic rings. The molecule has 0 aromatic heterocycles. The van der Waals surface area contributed by atoms with Gasteiger partial charge in [-0.05, 0) is 12.5 Å². The monoisotopic (exact) mass is 198 g/mol. The number of ketones is 1. The van der Waals surface area contributed by atoms with Crippen LogP contribution in [0.5, 0.6) is 0 Å². The molecule has 2 N–H and O–H groups in total. The second-order valence-corrected chi connectivity index (χ2v) is 3.54. The molecule has 0 aromatic carbocycles. The van der Waals surface area contributed by atoms with Gasteiger partial charge in [-0.2, -0.15) is 0 Å². The molecule has 78 valence electrons. The van der Waals surface area contributed by atoms with Gasteiger partial charge in [0.25, 0.3) is 0 Å². The van der Waals surface area contributed by atoms with Crippen LogP contribution in [0, 0.1) is 11.8 Å². The molecule has 1 rings (SSSR count). The van der Waals surface area contributed by atoms with Crippen molar-refractivity contribution < 1.29 is 14.4 Å². The molecule has 0 radical (unpaired) electrons. The van der Waals surface area contributed by atoms with Crippen molar-refractivity contribution in [3.05, 3.63) is 0 Å². The molecule has 1 heterocycles. The topological polar surface area (TPSA) is 75.3 Å². The lowest BCUT2D eigenvalue weighted by Gasteiger charge is -2.12. The van der Waals surface area contributed by atoms with E-state index in [9.17, 15) is 14.4 Å². The van der Waals surface area contributed by atoms with Gasteiger partial charge in [-0.3, -0.25) is 14.4 Å². The lowest BCUT2D eigenvalue weighted by Crippen LogP contribution is -2.37. The molecular formula is C9H14N2O3. The second kappa shape index (κ2) is 4.85. The molecule has 0 bridgehead atoms. The van der Waals surface area contributed by atoms with Gasteiger partial charge in [0.05, 0.1) is 12.5 Å². The van der Waals surface area contributed by atoms with Crippen LogP contribution in [-0.2, 0) is 14.4 Å². The SMILES string of the molecule is C[C@H]1CNC[C@H]1C(=O)NCC(=O)C=O. The number of carbonyl (C=O) groups excluding carboxylic acids is 3. The number of carbonyl (C=O) groups is 3. The van der Waals surface area contributed by atoms with Crippen LogP contribution in [0.1, 0.15) is 6.92 Å². The molecule has 14 heavy (non-hydrogen) atoms. The summed E-state index contributed by atoms with van der Waals surface area (Å²) in [6.07, 6.45) is 0.219. The summed E-state index contributed by atoms with van der Waals surface area (Å²) < 4.78 is 0. The van der Waals surface area contributed by atoms with E-state index in [2.05, 4.69) is 10.6 Å². The number of hydrogen-bond acceptors (Lipinski definition) is 4. The summed E-state index contributed by atoms with van der Waals surface area (Å²) in [6, 6.07) is 0. The molecule has 0 aromatic rings. The van der Waals surface area contributed by atoms with Crippen molar-refractivity contribution in [2.45, 2.75) is 6.92 Å². The Hall–Kier alpha value is -1.23. The van der Waals surface area contributed by atoms with Crippen LogP contribution in [0.2, 0.25) is 0 Å². The number of rotatable bonds is 4. The summed E-state index contributed by atoms with van der Waals surface area (Å²) in [6.45, 7) is 3.25. The molecule has 1 fully saturated rings. The van der Waals surface area contributed by atoms with Crippen LogP contribution in [0.4, 0.5) is 0 Å². The average Bonchev–Trinajstić information content (AvgIpc) is 2.60. The normalized spacial score (nSPS) is 25.8. The highest BCUT2D eigenvalue weighted by Crippen LogP contribution is 2.15. The summed E-state index contributed by atoms with van der Waals surface area (Å²) in [5.41, 5.74) is 0. The number of nitrogens with one attached hydrogen (secondary N) is 2. The van der Waals surface area contributed by atoms with Crippen LogP contribution in [0.3, 0.4) is 0 Å². The van der Waals surface area contributed by atoms with Crippen molar-refractivity contribution in [3.8, 4) is 0 Å².